The second-order valence-corrected chi connectivity index (χ2v) is 5.10. The third-order valence-corrected chi connectivity index (χ3v) is 3.75. The van der Waals surface area contributed by atoms with E-state index in [1.165, 1.54) is 17.4 Å². The van der Waals surface area contributed by atoms with Gasteiger partial charge in [-0.1, -0.05) is 6.07 Å². The monoisotopic (exact) mass is 277 g/mol. The minimum atomic E-state index is -1.02. The quantitative estimate of drug-likeness (QED) is 0.775. The van der Waals surface area contributed by atoms with Crippen molar-refractivity contribution in [3.05, 3.63) is 64.7 Å². The van der Waals surface area contributed by atoms with Crippen molar-refractivity contribution in [2.75, 3.05) is 0 Å². The van der Waals surface area contributed by atoms with E-state index in [4.69, 9.17) is 0 Å². The zero-order chi connectivity index (χ0) is 13.4. The minimum absolute atomic E-state index is 0.302. The first-order valence-corrected chi connectivity index (χ1v) is 6.49. The Balaban J connectivity index is 2.01. The zero-order valence-electron chi connectivity index (χ0n) is 9.68. The summed E-state index contributed by atoms with van der Waals surface area (Å²) in [6, 6.07) is 7.05. The van der Waals surface area contributed by atoms with Gasteiger partial charge < -0.3 is 5.11 Å². The van der Waals surface area contributed by atoms with E-state index < -0.39 is 17.7 Å². The Morgan fingerprint density at radius 3 is 2.68 bits per heavy atom. The summed E-state index contributed by atoms with van der Waals surface area (Å²) in [6.45, 7) is 0. The molecule has 19 heavy (non-hydrogen) atoms. The fourth-order valence-corrected chi connectivity index (χ4v) is 2.68. The van der Waals surface area contributed by atoms with Gasteiger partial charge in [0.1, 0.15) is 6.10 Å². The molecular formula is C14H9F2NOS. The van der Waals surface area contributed by atoms with Gasteiger partial charge in [0.2, 0.25) is 0 Å². The number of halogens is 2. The molecule has 2 nitrogen and oxygen atoms in total. The number of nitrogens with zero attached hydrogens (tertiary/aromatic N) is 1. The topological polar surface area (TPSA) is 33.1 Å². The third kappa shape index (κ3) is 2.22. The van der Waals surface area contributed by atoms with Crippen molar-refractivity contribution < 1.29 is 13.9 Å². The first-order valence-electron chi connectivity index (χ1n) is 5.61. The standard InChI is InChI=1S/C14H9F2NOS/c15-10-2-1-8(5-11(10)16)14(18)9-6-13-12(17-7-9)3-4-19-13/h1-7,14,18H. The second kappa shape index (κ2) is 4.68. The summed E-state index contributed by atoms with van der Waals surface area (Å²) < 4.78 is 27.0. The average Bonchev–Trinajstić information content (AvgIpc) is 2.88. The zero-order valence-corrected chi connectivity index (χ0v) is 10.5. The predicted octanol–water partition coefficient (Wildman–Crippen LogP) is 3.66. The van der Waals surface area contributed by atoms with Crippen molar-refractivity contribution in [3.8, 4) is 0 Å². The summed E-state index contributed by atoms with van der Waals surface area (Å²) in [7, 11) is 0. The predicted molar refractivity (Wildman–Crippen MR) is 70.0 cm³/mol. The lowest BCUT2D eigenvalue weighted by molar-refractivity contribution is 0.219. The summed E-state index contributed by atoms with van der Waals surface area (Å²) in [5.74, 6) is -1.90. The van der Waals surface area contributed by atoms with Crippen LogP contribution in [0.5, 0.6) is 0 Å². The van der Waals surface area contributed by atoms with Gasteiger partial charge in [0.15, 0.2) is 11.6 Å². The molecule has 0 bridgehead atoms. The van der Waals surface area contributed by atoms with Crippen molar-refractivity contribution in [1.29, 1.82) is 0 Å². The van der Waals surface area contributed by atoms with Crippen LogP contribution in [0.1, 0.15) is 17.2 Å². The molecule has 0 aliphatic heterocycles. The SMILES string of the molecule is OC(c1ccc(F)c(F)c1)c1cnc2ccsc2c1. The van der Waals surface area contributed by atoms with Crippen molar-refractivity contribution in [2.24, 2.45) is 0 Å². The Morgan fingerprint density at radius 1 is 1.05 bits per heavy atom. The summed E-state index contributed by atoms with van der Waals surface area (Å²) >= 11 is 1.51. The fraction of sp³-hybridized carbons (Fsp3) is 0.0714. The number of benzene rings is 1. The molecule has 1 aromatic carbocycles. The number of hydrogen-bond donors (Lipinski definition) is 1. The van der Waals surface area contributed by atoms with Gasteiger partial charge in [0.05, 0.1) is 10.2 Å². The van der Waals surface area contributed by atoms with E-state index in [0.717, 1.165) is 22.3 Å². The first-order chi connectivity index (χ1) is 9.15. The molecule has 3 rings (SSSR count). The molecule has 96 valence electrons. The van der Waals surface area contributed by atoms with Crippen LogP contribution in [0.4, 0.5) is 8.78 Å². The van der Waals surface area contributed by atoms with Crippen LogP contribution in [0.2, 0.25) is 0 Å². The smallest absolute Gasteiger partial charge is 0.159 e. The number of fused-ring (bicyclic) bond motifs is 1. The molecule has 0 aliphatic carbocycles. The first kappa shape index (κ1) is 12.2. The van der Waals surface area contributed by atoms with Gasteiger partial charge in [-0.3, -0.25) is 4.98 Å². The number of aliphatic hydroxyl groups excluding tert-OH is 1. The molecule has 1 N–H and O–H groups in total. The molecule has 3 aromatic rings. The van der Waals surface area contributed by atoms with Gasteiger partial charge >= 0.3 is 0 Å². The van der Waals surface area contributed by atoms with Crippen LogP contribution in [0, 0.1) is 11.6 Å². The van der Waals surface area contributed by atoms with Crippen LogP contribution in [0.15, 0.2) is 41.9 Å². The van der Waals surface area contributed by atoms with Gasteiger partial charge in [0.25, 0.3) is 0 Å². The molecular weight excluding hydrogens is 268 g/mol. The molecule has 1 atom stereocenters. The second-order valence-electron chi connectivity index (χ2n) is 4.15. The highest BCUT2D eigenvalue weighted by molar-refractivity contribution is 7.17. The van der Waals surface area contributed by atoms with E-state index in [1.54, 1.807) is 12.3 Å². The van der Waals surface area contributed by atoms with E-state index in [0.29, 0.717) is 11.1 Å². The van der Waals surface area contributed by atoms with Crippen LogP contribution in [0.3, 0.4) is 0 Å². The molecule has 2 heterocycles. The normalized spacial score (nSPS) is 12.8. The molecule has 5 heteroatoms. The van der Waals surface area contributed by atoms with Crippen LogP contribution in [-0.2, 0) is 0 Å². The van der Waals surface area contributed by atoms with Crippen LogP contribution in [-0.4, -0.2) is 10.1 Å². The lowest BCUT2D eigenvalue weighted by Crippen LogP contribution is -2.01. The largest absolute Gasteiger partial charge is 0.384 e. The molecule has 0 fully saturated rings. The van der Waals surface area contributed by atoms with Crippen molar-refractivity contribution in [3.63, 3.8) is 0 Å². The van der Waals surface area contributed by atoms with Gasteiger partial charge in [-0.05, 0) is 35.2 Å². The lowest BCUT2D eigenvalue weighted by Gasteiger charge is -2.11. The maximum Gasteiger partial charge on any atom is 0.159 e. The van der Waals surface area contributed by atoms with Gasteiger partial charge in [-0.15, -0.1) is 11.3 Å². The fourth-order valence-electron chi connectivity index (χ4n) is 1.89. The molecule has 0 radical (unpaired) electrons. The number of pyridine rings is 1. The highest BCUT2D eigenvalue weighted by Crippen LogP contribution is 2.27. The highest BCUT2D eigenvalue weighted by Gasteiger charge is 2.14. The number of aromatic nitrogens is 1. The van der Waals surface area contributed by atoms with Crippen LogP contribution in [0.25, 0.3) is 10.2 Å². The van der Waals surface area contributed by atoms with E-state index in [2.05, 4.69) is 4.98 Å². The van der Waals surface area contributed by atoms with Crippen molar-refractivity contribution >= 4 is 21.6 Å². The number of hydrogen-bond acceptors (Lipinski definition) is 3. The summed E-state index contributed by atoms with van der Waals surface area (Å²) in [6.07, 6.45) is 0.523. The number of thiophene rings is 1. The highest BCUT2D eigenvalue weighted by atomic mass is 32.1. The van der Waals surface area contributed by atoms with E-state index in [9.17, 15) is 13.9 Å². The van der Waals surface area contributed by atoms with Gasteiger partial charge in [0, 0.05) is 11.8 Å². The Hall–Kier alpha value is -1.85. The molecule has 0 amide bonds. The minimum Gasteiger partial charge on any atom is -0.384 e. The Morgan fingerprint density at radius 2 is 1.89 bits per heavy atom. The number of rotatable bonds is 2. The molecule has 1 unspecified atom stereocenters. The maximum atomic E-state index is 13.2. The lowest BCUT2D eigenvalue weighted by atomic mass is 10.0. The Bertz CT molecular complexity index is 741. The van der Waals surface area contributed by atoms with E-state index in [-0.39, 0.29) is 0 Å². The van der Waals surface area contributed by atoms with E-state index >= 15 is 0 Å². The number of aliphatic hydroxyl groups is 1. The molecule has 0 saturated heterocycles. The summed E-state index contributed by atoms with van der Waals surface area (Å²) in [5, 5.41) is 12.1. The van der Waals surface area contributed by atoms with Crippen molar-refractivity contribution in [1.82, 2.24) is 4.98 Å². The maximum absolute atomic E-state index is 13.2. The Labute approximate surface area is 112 Å². The summed E-state index contributed by atoms with van der Waals surface area (Å²) in [4.78, 5) is 4.21. The molecule has 0 aliphatic rings. The van der Waals surface area contributed by atoms with Gasteiger partial charge in [-0.2, -0.15) is 0 Å². The van der Waals surface area contributed by atoms with E-state index in [1.807, 2.05) is 11.4 Å². The molecule has 0 spiro atoms. The third-order valence-electron chi connectivity index (χ3n) is 2.90. The molecule has 2 aromatic heterocycles. The summed E-state index contributed by atoms with van der Waals surface area (Å²) in [5.41, 5.74) is 1.71. The van der Waals surface area contributed by atoms with Crippen molar-refractivity contribution in [2.45, 2.75) is 6.10 Å². The van der Waals surface area contributed by atoms with Gasteiger partial charge in [-0.25, -0.2) is 8.78 Å². The average molecular weight is 277 g/mol. The van der Waals surface area contributed by atoms with Crippen LogP contribution >= 0.6 is 11.3 Å². The Kier molecular flexibility index (Phi) is 3.00. The van der Waals surface area contributed by atoms with Crippen LogP contribution < -0.4 is 0 Å². The molecule has 0 saturated carbocycles.